The molecule has 1 heterocycles. The number of aliphatic hydroxyl groups excluding tert-OH is 1. The smallest absolute Gasteiger partial charge is 0.243 e. The Morgan fingerprint density at radius 2 is 2.18 bits per heavy atom. The summed E-state index contributed by atoms with van der Waals surface area (Å²) < 4.78 is 38.7. The van der Waals surface area contributed by atoms with E-state index in [1.54, 1.807) is 6.92 Å². The lowest BCUT2D eigenvalue weighted by molar-refractivity contribution is 0.189. The van der Waals surface area contributed by atoms with Gasteiger partial charge in [0.05, 0.1) is 11.0 Å². The predicted octanol–water partition coefficient (Wildman–Crippen LogP) is 0.889. The average Bonchev–Trinajstić information content (AvgIpc) is 2.69. The van der Waals surface area contributed by atoms with Gasteiger partial charge in [0.2, 0.25) is 10.0 Å². The Morgan fingerprint density at radius 1 is 1.47 bits per heavy atom. The fourth-order valence-corrected chi connectivity index (χ4v) is 3.32. The molecule has 1 aliphatic rings. The number of sulfonamides is 1. The van der Waals surface area contributed by atoms with Crippen molar-refractivity contribution in [3.63, 3.8) is 0 Å². The number of hydrogen-bond donors (Lipinski definition) is 1. The third kappa shape index (κ3) is 2.34. The molecule has 6 heteroatoms. The highest BCUT2D eigenvalue weighted by atomic mass is 32.2. The summed E-state index contributed by atoms with van der Waals surface area (Å²) in [5, 5.41) is 9.33. The van der Waals surface area contributed by atoms with Crippen molar-refractivity contribution in [3.8, 4) is 0 Å². The van der Waals surface area contributed by atoms with Crippen molar-refractivity contribution in [1.82, 2.24) is 4.31 Å². The Hall–Kier alpha value is -0.980. The molecule has 1 fully saturated rings. The average molecular weight is 259 g/mol. The molecule has 1 N–H and O–H groups in total. The van der Waals surface area contributed by atoms with Crippen molar-refractivity contribution in [2.75, 3.05) is 13.1 Å². The monoisotopic (exact) mass is 259 g/mol. The second-order valence-electron chi connectivity index (χ2n) is 4.22. The summed E-state index contributed by atoms with van der Waals surface area (Å²) in [6.07, 6.45) is -0.201. The SMILES string of the molecule is Cc1ccc(S(=O)(=O)N2CC[C@H](O)C2)cc1F. The van der Waals surface area contributed by atoms with Crippen LogP contribution in [0.25, 0.3) is 0 Å². The van der Waals surface area contributed by atoms with Crippen molar-refractivity contribution in [2.24, 2.45) is 0 Å². The first-order chi connectivity index (χ1) is 7.91. The number of aliphatic hydroxyl groups is 1. The van der Waals surface area contributed by atoms with Crippen LogP contribution in [0.3, 0.4) is 0 Å². The van der Waals surface area contributed by atoms with Crippen LogP contribution in [-0.2, 0) is 10.0 Å². The summed E-state index contributed by atoms with van der Waals surface area (Å²) in [4.78, 5) is -0.0605. The Kier molecular flexibility index (Phi) is 3.20. The van der Waals surface area contributed by atoms with Gasteiger partial charge in [0.1, 0.15) is 5.82 Å². The van der Waals surface area contributed by atoms with Gasteiger partial charge in [-0.3, -0.25) is 0 Å². The molecule has 2 rings (SSSR count). The zero-order chi connectivity index (χ0) is 12.6. The van der Waals surface area contributed by atoms with E-state index in [1.165, 1.54) is 16.4 Å². The summed E-state index contributed by atoms with van der Waals surface area (Å²) in [5.74, 6) is -0.536. The van der Waals surface area contributed by atoms with Crippen LogP contribution in [-0.4, -0.2) is 37.0 Å². The number of aryl methyl sites for hydroxylation is 1. The van der Waals surface area contributed by atoms with Crippen molar-refractivity contribution < 1.29 is 17.9 Å². The zero-order valence-corrected chi connectivity index (χ0v) is 10.2. The van der Waals surface area contributed by atoms with E-state index in [2.05, 4.69) is 0 Å². The summed E-state index contributed by atoms with van der Waals surface area (Å²) in [6.45, 7) is 1.93. The first-order valence-corrected chi connectivity index (χ1v) is 6.79. The quantitative estimate of drug-likeness (QED) is 0.858. The first-order valence-electron chi connectivity index (χ1n) is 5.35. The third-order valence-corrected chi connectivity index (χ3v) is 4.77. The van der Waals surface area contributed by atoms with Gasteiger partial charge in [-0.05, 0) is 31.0 Å². The molecule has 0 unspecified atom stereocenters. The van der Waals surface area contributed by atoms with Crippen LogP contribution in [0, 0.1) is 12.7 Å². The molecule has 1 aromatic carbocycles. The van der Waals surface area contributed by atoms with E-state index in [0.717, 1.165) is 6.07 Å². The van der Waals surface area contributed by atoms with Gasteiger partial charge in [-0.25, -0.2) is 12.8 Å². The van der Waals surface area contributed by atoms with Crippen LogP contribution in [0.1, 0.15) is 12.0 Å². The molecule has 0 aliphatic carbocycles. The van der Waals surface area contributed by atoms with Gasteiger partial charge < -0.3 is 5.11 Å². The van der Waals surface area contributed by atoms with Crippen LogP contribution < -0.4 is 0 Å². The van der Waals surface area contributed by atoms with E-state index < -0.39 is 21.9 Å². The van der Waals surface area contributed by atoms with E-state index in [4.69, 9.17) is 0 Å². The number of benzene rings is 1. The van der Waals surface area contributed by atoms with E-state index in [0.29, 0.717) is 12.0 Å². The number of halogens is 1. The van der Waals surface area contributed by atoms with E-state index in [-0.39, 0.29) is 18.0 Å². The fraction of sp³-hybridized carbons (Fsp3) is 0.455. The van der Waals surface area contributed by atoms with Crippen molar-refractivity contribution in [3.05, 3.63) is 29.6 Å². The predicted molar refractivity (Wildman–Crippen MR) is 60.5 cm³/mol. The van der Waals surface area contributed by atoms with Crippen LogP contribution in [0.15, 0.2) is 23.1 Å². The standard InChI is InChI=1S/C11H14FNO3S/c1-8-2-3-10(6-11(8)12)17(15,16)13-5-4-9(14)7-13/h2-3,6,9,14H,4-5,7H2,1H3/t9-/m0/s1. The lowest BCUT2D eigenvalue weighted by atomic mass is 10.2. The van der Waals surface area contributed by atoms with E-state index in [1.807, 2.05) is 0 Å². The molecular weight excluding hydrogens is 245 g/mol. The highest BCUT2D eigenvalue weighted by molar-refractivity contribution is 7.89. The van der Waals surface area contributed by atoms with Gasteiger partial charge in [-0.15, -0.1) is 0 Å². The molecule has 0 bridgehead atoms. The molecule has 0 aromatic heterocycles. The summed E-state index contributed by atoms with van der Waals surface area (Å²) in [5.41, 5.74) is 0.408. The van der Waals surface area contributed by atoms with Gasteiger partial charge in [-0.2, -0.15) is 4.31 Å². The van der Waals surface area contributed by atoms with Crippen molar-refractivity contribution in [1.29, 1.82) is 0 Å². The van der Waals surface area contributed by atoms with E-state index in [9.17, 15) is 17.9 Å². The molecule has 1 atom stereocenters. The summed E-state index contributed by atoms with van der Waals surface area (Å²) in [6, 6.07) is 3.85. The van der Waals surface area contributed by atoms with Crippen LogP contribution in [0.5, 0.6) is 0 Å². The molecular formula is C11H14FNO3S. The molecule has 1 aliphatic heterocycles. The van der Waals surface area contributed by atoms with Crippen LogP contribution in [0.2, 0.25) is 0 Å². The Balaban J connectivity index is 2.35. The number of hydrogen-bond acceptors (Lipinski definition) is 3. The molecule has 94 valence electrons. The molecule has 1 aromatic rings. The van der Waals surface area contributed by atoms with Gasteiger partial charge in [0.25, 0.3) is 0 Å². The largest absolute Gasteiger partial charge is 0.392 e. The maximum atomic E-state index is 13.3. The Labute approximate surface area is 99.7 Å². The number of rotatable bonds is 2. The van der Waals surface area contributed by atoms with Crippen molar-refractivity contribution >= 4 is 10.0 Å². The number of nitrogens with zero attached hydrogens (tertiary/aromatic N) is 1. The molecule has 4 nitrogen and oxygen atoms in total. The normalized spacial score (nSPS) is 21.9. The number of β-amino-alcohol motifs (C(OH)–C–C–N with tert-alkyl or cyclic N) is 1. The minimum absolute atomic E-state index is 0.0605. The van der Waals surface area contributed by atoms with Gasteiger partial charge in [0, 0.05) is 13.1 Å². The third-order valence-electron chi connectivity index (χ3n) is 2.91. The molecule has 0 spiro atoms. The topological polar surface area (TPSA) is 57.6 Å². The van der Waals surface area contributed by atoms with Crippen LogP contribution in [0.4, 0.5) is 4.39 Å². The minimum atomic E-state index is -3.68. The summed E-state index contributed by atoms with van der Waals surface area (Å²) >= 11 is 0. The first kappa shape index (κ1) is 12.5. The van der Waals surface area contributed by atoms with Crippen molar-refractivity contribution in [2.45, 2.75) is 24.3 Å². The zero-order valence-electron chi connectivity index (χ0n) is 9.43. The minimum Gasteiger partial charge on any atom is -0.392 e. The highest BCUT2D eigenvalue weighted by Crippen LogP contribution is 2.22. The Bertz CT molecular complexity index is 530. The maximum Gasteiger partial charge on any atom is 0.243 e. The molecule has 0 amide bonds. The molecule has 0 saturated carbocycles. The summed E-state index contributed by atoms with van der Waals surface area (Å²) in [7, 11) is -3.68. The highest BCUT2D eigenvalue weighted by Gasteiger charge is 2.31. The van der Waals surface area contributed by atoms with Gasteiger partial charge >= 0.3 is 0 Å². The molecule has 17 heavy (non-hydrogen) atoms. The van der Waals surface area contributed by atoms with E-state index >= 15 is 0 Å². The second-order valence-corrected chi connectivity index (χ2v) is 6.15. The molecule has 1 saturated heterocycles. The Morgan fingerprint density at radius 3 is 2.71 bits per heavy atom. The second kappa shape index (κ2) is 4.36. The van der Waals surface area contributed by atoms with Gasteiger partial charge in [-0.1, -0.05) is 6.07 Å². The van der Waals surface area contributed by atoms with Crippen LogP contribution >= 0.6 is 0 Å². The maximum absolute atomic E-state index is 13.3. The lowest BCUT2D eigenvalue weighted by Gasteiger charge is -2.15. The van der Waals surface area contributed by atoms with Gasteiger partial charge in [0.15, 0.2) is 0 Å². The molecule has 0 radical (unpaired) electrons. The fourth-order valence-electron chi connectivity index (χ4n) is 1.81. The lowest BCUT2D eigenvalue weighted by Crippen LogP contribution is -2.29.